The quantitative estimate of drug-likeness (QED) is 0.261. The first kappa shape index (κ1) is 28.3. The maximum atomic E-state index is 13.4. The Labute approximate surface area is 252 Å². The number of esters is 1. The summed E-state index contributed by atoms with van der Waals surface area (Å²) in [5, 5.41) is 14.5. The number of rotatable bonds is 10. The van der Waals surface area contributed by atoms with Crippen LogP contribution in [0, 0.1) is 15.4 Å². The van der Waals surface area contributed by atoms with Gasteiger partial charge in [-0.15, -0.1) is 0 Å². The van der Waals surface area contributed by atoms with E-state index in [9.17, 15) is 14.4 Å². The van der Waals surface area contributed by atoms with E-state index >= 15 is 0 Å². The SMILES string of the molecule is O=C(NCc1cccc(C(=O)NCCO)c1)C1=CC2OC(C3CC3)(C3CC3)OC2C(OC(=O)c2ccc(I)cc2)C1. The number of nitrogens with one attached hydrogen (secondary N) is 2. The van der Waals surface area contributed by atoms with Gasteiger partial charge in [0.2, 0.25) is 5.91 Å². The Balaban J connectivity index is 1.18. The van der Waals surface area contributed by atoms with Crippen molar-refractivity contribution >= 4 is 40.4 Å². The van der Waals surface area contributed by atoms with Crippen molar-refractivity contribution in [2.24, 2.45) is 11.8 Å². The molecule has 2 aromatic rings. The molecule has 1 saturated heterocycles. The van der Waals surface area contributed by atoms with Crippen LogP contribution in [0.5, 0.6) is 0 Å². The van der Waals surface area contributed by atoms with E-state index in [-0.39, 0.29) is 37.9 Å². The molecule has 1 heterocycles. The third-order valence-electron chi connectivity index (χ3n) is 8.08. The van der Waals surface area contributed by atoms with E-state index in [0.717, 1.165) is 34.8 Å². The molecule has 3 atom stereocenters. The van der Waals surface area contributed by atoms with Gasteiger partial charge in [-0.2, -0.15) is 0 Å². The summed E-state index contributed by atoms with van der Waals surface area (Å²) < 4.78 is 20.3. The van der Waals surface area contributed by atoms with Gasteiger partial charge in [-0.25, -0.2) is 4.79 Å². The number of carbonyl (C=O) groups excluding carboxylic acids is 3. The van der Waals surface area contributed by atoms with Crippen LogP contribution in [0.3, 0.4) is 0 Å². The first-order chi connectivity index (χ1) is 19.9. The molecule has 10 heteroatoms. The van der Waals surface area contributed by atoms with E-state index in [1.165, 1.54) is 0 Å². The zero-order valence-corrected chi connectivity index (χ0v) is 24.7. The number of aliphatic hydroxyl groups is 1. The molecule has 2 amide bonds. The summed E-state index contributed by atoms with van der Waals surface area (Å²) >= 11 is 2.19. The van der Waals surface area contributed by atoms with E-state index in [2.05, 4.69) is 33.2 Å². The van der Waals surface area contributed by atoms with Gasteiger partial charge < -0.3 is 30.0 Å². The van der Waals surface area contributed by atoms with Gasteiger partial charge in [-0.3, -0.25) is 9.59 Å². The number of carbonyl (C=O) groups is 3. The van der Waals surface area contributed by atoms with E-state index in [1.54, 1.807) is 30.3 Å². The van der Waals surface area contributed by atoms with E-state index in [1.807, 2.05) is 24.3 Å². The highest BCUT2D eigenvalue weighted by atomic mass is 127. The number of fused-ring (bicyclic) bond motifs is 1. The molecule has 1 aliphatic heterocycles. The minimum Gasteiger partial charge on any atom is -0.456 e. The number of aliphatic hydroxyl groups excluding tert-OH is 1. The molecular formula is C31H33IN2O7. The van der Waals surface area contributed by atoms with Gasteiger partial charge in [0.15, 0.2) is 5.79 Å². The van der Waals surface area contributed by atoms with Crippen LogP contribution >= 0.6 is 22.6 Å². The van der Waals surface area contributed by atoms with Crippen LogP contribution in [0.25, 0.3) is 0 Å². The largest absolute Gasteiger partial charge is 0.456 e. The third kappa shape index (κ3) is 6.20. The lowest BCUT2D eigenvalue weighted by Crippen LogP contribution is -2.44. The maximum Gasteiger partial charge on any atom is 0.338 e. The molecule has 0 aromatic heterocycles. The third-order valence-corrected chi connectivity index (χ3v) is 8.80. The molecule has 3 unspecified atom stereocenters. The zero-order valence-electron chi connectivity index (χ0n) is 22.5. The average Bonchev–Trinajstić information content (AvgIpc) is 3.92. The van der Waals surface area contributed by atoms with Crippen molar-refractivity contribution in [3.63, 3.8) is 0 Å². The summed E-state index contributed by atoms with van der Waals surface area (Å²) in [5.74, 6) is -1.03. The van der Waals surface area contributed by atoms with Crippen LogP contribution in [-0.2, 0) is 25.5 Å². The van der Waals surface area contributed by atoms with Crippen molar-refractivity contribution in [1.82, 2.24) is 10.6 Å². The average molecular weight is 673 g/mol. The molecule has 2 aromatic carbocycles. The number of ether oxygens (including phenoxy) is 3. The van der Waals surface area contributed by atoms with Gasteiger partial charge in [0, 0.05) is 46.1 Å². The van der Waals surface area contributed by atoms with Crippen molar-refractivity contribution in [3.8, 4) is 0 Å². The van der Waals surface area contributed by atoms with E-state index in [4.69, 9.17) is 19.3 Å². The fraction of sp³-hybridized carbons (Fsp3) is 0.452. The highest BCUT2D eigenvalue weighted by molar-refractivity contribution is 14.1. The zero-order chi connectivity index (χ0) is 28.6. The molecule has 3 fully saturated rings. The van der Waals surface area contributed by atoms with E-state index in [0.29, 0.717) is 28.5 Å². The number of halogens is 1. The Morgan fingerprint density at radius 2 is 1.68 bits per heavy atom. The second-order valence-corrected chi connectivity index (χ2v) is 12.4. The lowest BCUT2D eigenvalue weighted by molar-refractivity contribution is -0.209. The van der Waals surface area contributed by atoms with Crippen molar-refractivity contribution in [2.45, 2.75) is 62.7 Å². The molecule has 2 saturated carbocycles. The van der Waals surface area contributed by atoms with Gasteiger partial charge >= 0.3 is 5.97 Å². The van der Waals surface area contributed by atoms with Crippen LogP contribution in [0.1, 0.15) is 58.4 Å². The molecule has 0 bridgehead atoms. The van der Waals surface area contributed by atoms with E-state index < -0.39 is 30.1 Å². The number of amides is 2. The highest BCUT2D eigenvalue weighted by Crippen LogP contribution is 2.59. The van der Waals surface area contributed by atoms with Crippen LogP contribution < -0.4 is 10.6 Å². The summed E-state index contributed by atoms with van der Waals surface area (Å²) in [5.41, 5.74) is 2.13. The second-order valence-electron chi connectivity index (χ2n) is 11.1. The van der Waals surface area contributed by atoms with Crippen molar-refractivity contribution in [3.05, 3.63) is 80.4 Å². The van der Waals surface area contributed by atoms with Crippen molar-refractivity contribution in [1.29, 1.82) is 0 Å². The molecule has 3 N–H and O–H groups in total. The predicted molar refractivity (Wildman–Crippen MR) is 157 cm³/mol. The Morgan fingerprint density at radius 1 is 0.951 bits per heavy atom. The summed E-state index contributed by atoms with van der Waals surface area (Å²) in [6.45, 7) is 0.237. The second kappa shape index (κ2) is 11.8. The summed E-state index contributed by atoms with van der Waals surface area (Å²) in [6, 6.07) is 14.1. The van der Waals surface area contributed by atoms with Crippen molar-refractivity contribution < 1.29 is 33.7 Å². The number of hydrogen-bond acceptors (Lipinski definition) is 7. The van der Waals surface area contributed by atoms with Gasteiger partial charge in [0.25, 0.3) is 5.91 Å². The molecule has 216 valence electrons. The molecule has 6 rings (SSSR count). The Kier molecular flexibility index (Phi) is 8.17. The standard InChI is InChI=1S/C31H33IN2O7/c32-24-10-4-19(5-11-24)30(38)39-25-15-21(16-26-27(25)41-31(40-26,22-6-7-22)23-8-9-23)29(37)34-17-18-2-1-3-20(14-18)28(36)33-12-13-35/h1-5,10-11,14,16,22-23,25-27,35H,6-9,12-13,15,17H2,(H,33,36)(H,34,37). The lowest BCUT2D eigenvalue weighted by Gasteiger charge is -2.31. The maximum absolute atomic E-state index is 13.4. The lowest BCUT2D eigenvalue weighted by atomic mass is 9.91. The fourth-order valence-electron chi connectivity index (χ4n) is 5.75. The van der Waals surface area contributed by atoms with Crippen LogP contribution in [0.4, 0.5) is 0 Å². The molecule has 0 radical (unpaired) electrons. The number of hydrogen-bond donors (Lipinski definition) is 3. The topological polar surface area (TPSA) is 123 Å². The molecule has 4 aliphatic rings. The highest BCUT2D eigenvalue weighted by Gasteiger charge is 2.64. The Bertz CT molecular complexity index is 1340. The smallest absolute Gasteiger partial charge is 0.338 e. The predicted octanol–water partition coefficient (Wildman–Crippen LogP) is 3.49. The van der Waals surface area contributed by atoms with Crippen LogP contribution in [0.2, 0.25) is 0 Å². The van der Waals surface area contributed by atoms with Gasteiger partial charge in [0.1, 0.15) is 18.3 Å². The normalized spacial score (nSPS) is 24.6. The summed E-state index contributed by atoms with van der Waals surface area (Å²) in [6.07, 6.45) is 4.62. The molecule has 3 aliphatic carbocycles. The minimum absolute atomic E-state index is 0.142. The molecule has 41 heavy (non-hydrogen) atoms. The Hall–Kier alpha value is -2.80. The first-order valence-corrected chi connectivity index (χ1v) is 15.2. The monoisotopic (exact) mass is 672 g/mol. The van der Waals surface area contributed by atoms with Crippen LogP contribution in [0.15, 0.2) is 60.2 Å². The molecule has 0 spiro atoms. The summed E-state index contributed by atoms with van der Waals surface area (Å²) in [7, 11) is 0. The minimum atomic E-state index is -0.671. The van der Waals surface area contributed by atoms with Gasteiger partial charge in [-0.05, 0) is 96.3 Å². The van der Waals surface area contributed by atoms with Gasteiger partial charge in [0.05, 0.1) is 12.2 Å². The Morgan fingerprint density at radius 3 is 2.37 bits per heavy atom. The van der Waals surface area contributed by atoms with Crippen molar-refractivity contribution in [2.75, 3.05) is 13.2 Å². The first-order valence-electron chi connectivity index (χ1n) is 14.2. The molecular weight excluding hydrogens is 639 g/mol. The summed E-state index contributed by atoms with van der Waals surface area (Å²) in [4.78, 5) is 38.8. The molecule has 9 nitrogen and oxygen atoms in total. The van der Waals surface area contributed by atoms with Crippen LogP contribution in [-0.4, -0.2) is 60.1 Å². The van der Waals surface area contributed by atoms with Gasteiger partial charge in [-0.1, -0.05) is 12.1 Å². The fourth-order valence-corrected chi connectivity index (χ4v) is 6.11. The number of benzene rings is 2.